The molecule has 4 aliphatic carbocycles. The van der Waals surface area contributed by atoms with Gasteiger partial charge in [-0.15, -0.1) is 0 Å². The number of hydrogen-bond donors (Lipinski definition) is 0. The highest BCUT2D eigenvalue weighted by atomic mass is 32.1. The second-order valence-electron chi connectivity index (χ2n) is 12.5. The number of halogens is 2. The summed E-state index contributed by atoms with van der Waals surface area (Å²) in [6.07, 6.45) is 8.54. The van der Waals surface area contributed by atoms with E-state index in [2.05, 4.69) is 45.2 Å². The smallest absolute Gasteiger partial charge is 0.220 e. The van der Waals surface area contributed by atoms with E-state index in [4.69, 9.17) is 17.3 Å². The molecule has 6 nitrogen and oxygen atoms in total. The Hall–Kier alpha value is -2.75. The molecule has 0 N–H and O–H groups in total. The van der Waals surface area contributed by atoms with E-state index in [1.165, 1.54) is 49.2 Å². The molecule has 0 radical (unpaired) electrons. The van der Waals surface area contributed by atoms with Gasteiger partial charge >= 0.3 is 0 Å². The Bertz CT molecular complexity index is 1400. The molecule has 9 heteroatoms. The third-order valence-corrected chi connectivity index (χ3v) is 10.1. The van der Waals surface area contributed by atoms with E-state index < -0.39 is 11.6 Å². The van der Waals surface area contributed by atoms with Gasteiger partial charge < -0.3 is 0 Å². The number of nitrogens with zero attached hydrogens (tertiary/aromatic N) is 6. The molecule has 0 spiro atoms. The Kier molecular flexibility index (Phi) is 6.92. The predicted octanol–water partition coefficient (Wildman–Crippen LogP) is 5.82. The summed E-state index contributed by atoms with van der Waals surface area (Å²) in [7, 11) is 0. The van der Waals surface area contributed by atoms with Crippen LogP contribution in [0.4, 0.5) is 8.78 Å². The zero-order valence-electron chi connectivity index (χ0n) is 22.8. The van der Waals surface area contributed by atoms with Crippen molar-refractivity contribution in [2.75, 3.05) is 26.2 Å². The average Bonchev–Trinajstić information content (AvgIpc) is 3.25. The first-order valence-electron chi connectivity index (χ1n) is 14.6. The van der Waals surface area contributed by atoms with Gasteiger partial charge in [-0.25, -0.2) is 13.5 Å². The minimum atomic E-state index is -0.632. The van der Waals surface area contributed by atoms with E-state index in [0.29, 0.717) is 11.4 Å². The number of benzene rings is 2. The summed E-state index contributed by atoms with van der Waals surface area (Å²) in [5.41, 5.74) is 1.12. The Morgan fingerprint density at radius 3 is 2.08 bits per heavy atom. The largest absolute Gasteiger partial charge is 0.297 e. The molecule has 1 saturated heterocycles. The molecular weight excluding hydrogens is 526 g/mol. The summed E-state index contributed by atoms with van der Waals surface area (Å²) < 4.78 is 33.0. The van der Waals surface area contributed by atoms with E-state index >= 15 is 0 Å². The predicted molar refractivity (Wildman–Crippen MR) is 154 cm³/mol. The van der Waals surface area contributed by atoms with E-state index in [0.717, 1.165) is 75.6 Å². The van der Waals surface area contributed by atoms with Gasteiger partial charge in [0.25, 0.3) is 0 Å². The van der Waals surface area contributed by atoms with Gasteiger partial charge in [0.05, 0.1) is 18.4 Å². The molecule has 40 heavy (non-hydrogen) atoms. The lowest BCUT2D eigenvalue weighted by atomic mass is 9.49. The number of piperazine rings is 1. The fraction of sp³-hybridized carbons (Fsp3) is 0.516. The lowest BCUT2D eigenvalue weighted by molar-refractivity contribution is -0.0112. The van der Waals surface area contributed by atoms with E-state index in [-0.39, 0.29) is 11.0 Å². The molecule has 2 aromatic carbocycles. The highest BCUT2D eigenvalue weighted by Gasteiger charge is 2.54. The Morgan fingerprint density at radius 1 is 0.850 bits per heavy atom. The number of hydrogen-bond acceptors (Lipinski definition) is 5. The second-order valence-corrected chi connectivity index (χ2v) is 12.9. The Morgan fingerprint density at radius 2 is 1.45 bits per heavy atom. The first-order chi connectivity index (χ1) is 19.5. The van der Waals surface area contributed by atoms with E-state index in [1.54, 1.807) is 4.68 Å². The van der Waals surface area contributed by atoms with Crippen LogP contribution in [0.2, 0.25) is 0 Å². The van der Waals surface area contributed by atoms with Crippen LogP contribution in [0.15, 0.2) is 53.6 Å². The van der Waals surface area contributed by atoms with Crippen LogP contribution >= 0.6 is 12.2 Å². The minimum Gasteiger partial charge on any atom is -0.297 e. The van der Waals surface area contributed by atoms with Crippen molar-refractivity contribution in [3.05, 3.63) is 81.9 Å². The van der Waals surface area contributed by atoms with Crippen LogP contribution in [0.5, 0.6) is 0 Å². The fourth-order valence-electron chi connectivity index (χ4n) is 8.18. The maximum Gasteiger partial charge on any atom is 0.220 e. The molecule has 0 amide bonds. The average molecular weight is 563 g/mol. The summed E-state index contributed by atoms with van der Waals surface area (Å²) >= 11 is 5.95. The van der Waals surface area contributed by atoms with Gasteiger partial charge in [-0.1, -0.05) is 36.4 Å². The lowest BCUT2D eigenvalue weighted by Gasteiger charge is -2.55. The van der Waals surface area contributed by atoms with Crippen molar-refractivity contribution in [2.24, 2.45) is 22.9 Å². The van der Waals surface area contributed by atoms with Gasteiger partial charge in [-0.05, 0) is 86.2 Å². The fourth-order valence-corrected chi connectivity index (χ4v) is 8.41. The van der Waals surface area contributed by atoms with Crippen LogP contribution in [0, 0.1) is 34.2 Å². The van der Waals surface area contributed by atoms with Gasteiger partial charge in [0.2, 0.25) is 4.77 Å². The van der Waals surface area contributed by atoms with Gasteiger partial charge in [0.15, 0.2) is 5.82 Å². The van der Waals surface area contributed by atoms with Crippen LogP contribution in [0.25, 0.3) is 0 Å². The van der Waals surface area contributed by atoms with Crippen LogP contribution < -0.4 is 0 Å². The highest BCUT2D eigenvalue weighted by Crippen LogP contribution is 2.60. The molecule has 4 saturated carbocycles. The second kappa shape index (κ2) is 10.6. The molecule has 0 atom stereocenters. The van der Waals surface area contributed by atoms with Crippen LogP contribution in [0.3, 0.4) is 0 Å². The van der Waals surface area contributed by atoms with E-state index in [1.807, 2.05) is 4.68 Å². The van der Waals surface area contributed by atoms with Crippen LogP contribution in [-0.2, 0) is 18.6 Å². The van der Waals surface area contributed by atoms with Gasteiger partial charge in [-0.2, -0.15) is 14.9 Å². The van der Waals surface area contributed by atoms with Crippen LogP contribution in [0.1, 0.15) is 55.5 Å². The van der Waals surface area contributed by atoms with Crippen LogP contribution in [-0.4, -0.2) is 56.7 Å². The SMILES string of the molecule is Fc1cccc(F)c1/C=N/n1c(C23CC4CC(CC(C4)C2)C3)nn(CN2CCN(Cc3ccccc3)CC2)c1=S. The third-order valence-electron chi connectivity index (χ3n) is 9.68. The van der Waals surface area contributed by atoms with Crippen molar-refractivity contribution in [3.8, 4) is 0 Å². The quantitative estimate of drug-likeness (QED) is 0.269. The zero-order valence-corrected chi connectivity index (χ0v) is 23.6. The molecule has 5 aliphatic rings. The van der Waals surface area contributed by atoms with Crippen molar-refractivity contribution in [1.82, 2.24) is 24.3 Å². The molecule has 5 fully saturated rings. The summed E-state index contributed by atoms with van der Waals surface area (Å²) in [4.78, 5) is 4.87. The lowest BCUT2D eigenvalue weighted by Crippen LogP contribution is -2.49. The molecule has 8 rings (SSSR count). The maximum absolute atomic E-state index is 14.5. The number of rotatable bonds is 7. The molecule has 1 aromatic heterocycles. The summed E-state index contributed by atoms with van der Waals surface area (Å²) in [5, 5.41) is 9.78. The third kappa shape index (κ3) is 4.97. The van der Waals surface area contributed by atoms with Crippen molar-refractivity contribution < 1.29 is 8.78 Å². The minimum absolute atomic E-state index is 0.0624. The Labute approximate surface area is 239 Å². The topological polar surface area (TPSA) is 41.6 Å². The molecule has 210 valence electrons. The monoisotopic (exact) mass is 562 g/mol. The normalized spacial score (nSPS) is 28.6. The first kappa shape index (κ1) is 26.2. The van der Waals surface area contributed by atoms with Gasteiger partial charge in [-0.3, -0.25) is 9.80 Å². The summed E-state index contributed by atoms with van der Waals surface area (Å²) in [6, 6.07) is 14.5. The number of aromatic nitrogens is 3. The van der Waals surface area contributed by atoms with Gasteiger partial charge in [0.1, 0.15) is 11.6 Å². The molecular formula is C31H36F2N6S. The molecule has 4 bridgehead atoms. The molecule has 2 heterocycles. The summed E-state index contributed by atoms with van der Waals surface area (Å²) in [6.45, 7) is 5.37. The highest BCUT2D eigenvalue weighted by molar-refractivity contribution is 7.71. The molecule has 3 aromatic rings. The molecule has 1 aliphatic heterocycles. The maximum atomic E-state index is 14.5. The first-order valence-corrected chi connectivity index (χ1v) is 15.0. The zero-order chi connectivity index (χ0) is 27.3. The van der Waals surface area contributed by atoms with Crippen molar-refractivity contribution >= 4 is 18.4 Å². The molecule has 0 unspecified atom stereocenters. The van der Waals surface area contributed by atoms with Gasteiger partial charge in [0, 0.05) is 38.1 Å². The summed E-state index contributed by atoms with van der Waals surface area (Å²) in [5.74, 6) is 1.80. The van der Waals surface area contributed by atoms with Crippen molar-refractivity contribution in [1.29, 1.82) is 0 Å². The van der Waals surface area contributed by atoms with E-state index in [9.17, 15) is 8.78 Å². The van der Waals surface area contributed by atoms with Crippen molar-refractivity contribution in [2.45, 2.75) is 57.2 Å². The standard InChI is InChI=1S/C31H36F2N6S/c32-27-7-4-8-28(33)26(27)19-34-39-29(31-16-23-13-24(17-31)15-25(14-23)18-31)35-38(30(39)40)21-37-11-9-36(10-12-37)20-22-5-2-1-3-6-22/h1-8,19,23-25H,9-18,20-21H2/b34-19+. The van der Waals surface area contributed by atoms with Crippen molar-refractivity contribution in [3.63, 3.8) is 0 Å². The Balaban J connectivity index is 1.16.